The highest BCUT2D eigenvalue weighted by Crippen LogP contribution is 2.23. The number of nitrogens with zero attached hydrogens (tertiary/aromatic N) is 4. The molecule has 0 aliphatic heterocycles. The number of fused-ring (bicyclic) bond motifs is 1. The van der Waals surface area contributed by atoms with Gasteiger partial charge in [-0.25, -0.2) is 13.1 Å². The summed E-state index contributed by atoms with van der Waals surface area (Å²) in [6.45, 7) is 2.18. The minimum absolute atomic E-state index is 0.130. The second-order valence-corrected chi connectivity index (χ2v) is 8.56. The van der Waals surface area contributed by atoms with E-state index in [0.717, 1.165) is 11.3 Å². The number of hydrogen-bond donors (Lipinski definition) is 0. The molecule has 2 aromatic carbocycles. The minimum Gasteiger partial charge on any atom is -0.275 e. The summed E-state index contributed by atoms with van der Waals surface area (Å²) in [5.41, 5.74) is 1.45. The number of aromatic nitrogens is 4. The van der Waals surface area contributed by atoms with E-state index in [1.54, 1.807) is 35.0 Å². The molecule has 0 spiro atoms. The Bertz CT molecular complexity index is 1340. The highest BCUT2D eigenvalue weighted by Gasteiger charge is 2.18. The molecule has 8 heteroatoms. The first kappa shape index (κ1) is 18.1. The van der Waals surface area contributed by atoms with Crippen LogP contribution in [0.3, 0.4) is 0 Å². The van der Waals surface area contributed by atoms with Gasteiger partial charge in [-0.2, -0.15) is 10.2 Å². The lowest BCUT2D eigenvalue weighted by Gasteiger charge is -2.08. The fourth-order valence-electron chi connectivity index (χ4n) is 3.13. The zero-order chi connectivity index (χ0) is 19.9. The molecule has 0 aliphatic carbocycles. The van der Waals surface area contributed by atoms with Gasteiger partial charge in [-0.15, -0.1) is 0 Å². The molecule has 2 heterocycles. The molecule has 28 heavy (non-hydrogen) atoms. The molecule has 0 atom stereocenters. The van der Waals surface area contributed by atoms with Gasteiger partial charge in [0.2, 0.25) is 9.84 Å². The van der Waals surface area contributed by atoms with E-state index in [4.69, 9.17) is 0 Å². The van der Waals surface area contributed by atoms with Gasteiger partial charge in [-0.3, -0.25) is 9.48 Å². The number of aryl methyl sites for hydroxylation is 2. The Labute approximate surface area is 161 Å². The summed E-state index contributed by atoms with van der Waals surface area (Å²) in [5, 5.41) is 9.45. The number of hydrogen-bond acceptors (Lipinski definition) is 5. The molecule has 2 aromatic heterocycles. The normalized spacial score (nSPS) is 11.8. The molecule has 142 valence electrons. The zero-order valence-corrected chi connectivity index (χ0v) is 16.2. The Balaban J connectivity index is 1.76. The smallest absolute Gasteiger partial charge is 0.274 e. The summed E-state index contributed by atoms with van der Waals surface area (Å²) in [5.74, 6) is 0. The Morgan fingerprint density at radius 3 is 2.46 bits per heavy atom. The summed E-state index contributed by atoms with van der Waals surface area (Å²) >= 11 is 0. The predicted octanol–water partition coefficient (Wildman–Crippen LogP) is 2.32. The van der Waals surface area contributed by atoms with E-state index in [2.05, 4.69) is 10.2 Å². The van der Waals surface area contributed by atoms with Crippen molar-refractivity contribution >= 4 is 20.6 Å². The van der Waals surface area contributed by atoms with Crippen LogP contribution >= 0.6 is 0 Å². The largest absolute Gasteiger partial charge is 0.275 e. The number of rotatable bonds is 4. The fraction of sp³-hybridized carbons (Fsp3) is 0.150. The van der Waals surface area contributed by atoms with Crippen molar-refractivity contribution in [3.05, 3.63) is 82.5 Å². The van der Waals surface area contributed by atoms with E-state index in [0.29, 0.717) is 10.8 Å². The molecule has 0 fully saturated rings. The first-order chi connectivity index (χ1) is 13.4. The lowest BCUT2D eigenvalue weighted by atomic mass is 10.2. The Morgan fingerprint density at radius 1 is 1.04 bits per heavy atom. The topological polar surface area (TPSA) is 86.8 Å². The van der Waals surface area contributed by atoms with Crippen molar-refractivity contribution in [3.63, 3.8) is 0 Å². The quantitative estimate of drug-likeness (QED) is 0.530. The molecule has 4 rings (SSSR count). The maximum atomic E-state index is 12.8. The third kappa shape index (κ3) is 3.11. The van der Waals surface area contributed by atoms with Gasteiger partial charge in [-0.05, 0) is 42.8 Å². The van der Waals surface area contributed by atoms with Gasteiger partial charge < -0.3 is 0 Å². The van der Waals surface area contributed by atoms with Crippen molar-refractivity contribution in [1.82, 2.24) is 19.6 Å². The van der Waals surface area contributed by atoms with Crippen molar-refractivity contribution in [2.45, 2.75) is 23.3 Å². The van der Waals surface area contributed by atoms with Gasteiger partial charge >= 0.3 is 0 Å². The number of sulfone groups is 1. The zero-order valence-electron chi connectivity index (χ0n) is 15.4. The molecule has 0 bridgehead atoms. The lowest BCUT2D eigenvalue weighted by Crippen LogP contribution is -2.24. The van der Waals surface area contributed by atoms with Crippen molar-refractivity contribution in [2.75, 3.05) is 0 Å². The van der Waals surface area contributed by atoms with Crippen molar-refractivity contribution in [3.8, 4) is 0 Å². The molecule has 0 radical (unpaired) electrons. The molecule has 7 nitrogen and oxygen atoms in total. The van der Waals surface area contributed by atoms with Crippen LogP contribution < -0.4 is 5.56 Å². The summed E-state index contributed by atoms with van der Waals surface area (Å²) in [6.07, 6.45) is 3.39. The average molecular weight is 394 g/mol. The third-order valence-corrected chi connectivity index (χ3v) is 6.37. The second-order valence-electron chi connectivity index (χ2n) is 6.61. The second kappa shape index (κ2) is 6.72. The average Bonchev–Trinajstić information content (AvgIpc) is 3.01. The summed E-state index contributed by atoms with van der Waals surface area (Å²) < 4.78 is 28.6. The molecular formula is C20H18N4O3S. The minimum atomic E-state index is -3.65. The molecule has 4 aromatic rings. The number of benzene rings is 2. The van der Waals surface area contributed by atoms with Crippen LogP contribution in [0.4, 0.5) is 0 Å². The third-order valence-electron chi connectivity index (χ3n) is 4.60. The molecule has 0 unspecified atom stereocenters. The maximum Gasteiger partial charge on any atom is 0.274 e. The first-order valence-corrected chi connectivity index (χ1v) is 10.1. The molecule has 0 amide bonds. The Kier molecular flexibility index (Phi) is 4.35. The highest BCUT2D eigenvalue weighted by atomic mass is 32.2. The molecule has 0 saturated carbocycles. The summed E-state index contributed by atoms with van der Waals surface area (Å²) in [6, 6.07) is 12.7. The van der Waals surface area contributed by atoms with Gasteiger partial charge in [0, 0.05) is 18.6 Å². The van der Waals surface area contributed by atoms with E-state index in [1.807, 2.05) is 20.2 Å². The van der Waals surface area contributed by atoms with Crippen LogP contribution in [0.2, 0.25) is 0 Å². The van der Waals surface area contributed by atoms with Crippen LogP contribution in [0.15, 0.2) is 75.5 Å². The van der Waals surface area contributed by atoms with E-state index < -0.39 is 9.84 Å². The SMILES string of the molecule is Cc1cn(C)nc1Cn1ncc2cc(S(=O)(=O)c3ccccc3)ccc2c1=O. The standard InChI is InChI=1S/C20H18N4O3S/c1-14-12-23(2)22-19(14)13-24-20(25)18-9-8-17(10-15(18)11-21-24)28(26,27)16-6-4-3-5-7-16/h3-12H,13H2,1-2H3. The summed E-state index contributed by atoms with van der Waals surface area (Å²) in [4.78, 5) is 13.1. The van der Waals surface area contributed by atoms with E-state index in [-0.39, 0.29) is 21.9 Å². The lowest BCUT2D eigenvalue weighted by molar-refractivity contribution is 0.596. The van der Waals surface area contributed by atoms with Crippen LogP contribution in [-0.2, 0) is 23.4 Å². The molecule has 0 N–H and O–H groups in total. The van der Waals surface area contributed by atoms with Crippen molar-refractivity contribution < 1.29 is 8.42 Å². The predicted molar refractivity (Wildman–Crippen MR) is 105 cm³/mol. The van der Waals surface area contributed by atoms with Crippen LogP contribution in [0.5, 0.6) is 0 Å². The van der Waals surface area contributed by atoms with Gasteiger partial charge in [0.1, 0.15) is 0 Å². The first-order valence-electron chi connectivity index (χ1n) is 8.65. The monoisotopic (exact) mass is 394 g/mol. The van der Waals surface area contributed by atoms with E-state index in [9.17, 15) is 13.2 Å². The van der Waals surface area contributed by atoms with Gasteiger partial charge in [0.05, 0.1) is 33.6 Å². The maximum absolute atomic E-state index is 12.8. The van der Waals surface area contributed by atoms with Crippen LogP contribution in [0, 0.1) is 6.92 Å². The highest BCUT2D eigenvalue weighted by molar-refractivity contribution is 7.91. The summed E-state index contributed by atoms with van der Waals surface area (Å²) in [7, 11) is -1.83. The van der Waals surface area contributed by atoms with Gasteiger partial charge in [0.15, 0.2) is 0 Å². The molecule has 0 aliphatic rings. The Morgan fingerprint density at radius 2 is 1.79 bits per heavy atom. The van der Waals surface area contributed by atoms with E-state index in [1.165, 1.54) is 29.1 Å². The van der Waals surface area contributed by atoms with Crippen LogP contribution in [0.1, 0.15) is 11.3 Å². The van der Waals surface area contributed by atoms with Crippen molar-refractivity contribution in [1.29, 1.82) is 0 Å². The fourth-order valence-corrected chi connectivity index (χ4v) is 4.45. The van der Waals surface area contributed by atoms with Crippen LogP contribution in [-0.4, -0.2) is 28.0 Å². The van der Waals surface area contributed by atoms with Crippen LogP contribution in [0.25, 0.3) is 10.8 Å². The van der Waals surface area contributed by atoms with Gasteiger partial charge in [-0.1, -0.05) is 18.2 Å². The molecular weight excluding hydrogens is 376 g/mol. The Hall–Kier alpha value is -3.26. The molecule has 0 saturated heterocycles. The van der Waals surface area contributed by atoms with Gasteiger partial charge in [0.25, 0.3) is 5.56 Å². The van der Waals surface area contributed by atoms with Crippen molar-refractivity contribution in [2.24, 2.45) is 7.05 Å². The van der Waals surface area contributed by atoms with E-state index >= 15 is 0 Å².